The van der Waals surface area contributed by atoms with Crippen molar-refractivity contribution in [3.05, 3.63) is 12.2 Å². The molecule has 0 heterocycles. The highest BCUT2D eigenvalue weighted by Gasteiger charge is 2.53. The molecule has 3 atom stereocenters. The fraction of sp³-hybridized carbons (Fsp3) is 0.857. The van der Waals surface area contributed by atoms with E-state index >= 15 is 0 Å². The summed E-state index contributed by atoms with van der Waals surface area (Å²) in [7, 11) is 0. The number of nitrogens with one attached hydrogen (secondary N) is 1. The first-order chi connectivity index (χ1) is 7.25. The van der Waals surface area contributed by atoms with Crippen LogP contribution in [0.25, 0.3) is 0 Å². The van der Waals surface area contributed by atoms with E-state index in [4.69, 9.17) is 0 Å². The molecule has 0 spiro atoms. The minimum Gasteiger partial charge on any atom is -0.310 e. The van der Waals surface area contributed by atoms with Crippen molar-refractivity contribution in [1.29, 1.82) is 0 Å². The van der Waals surface area contributed by atoms with Crippen molar-refractivity contribution < 1.29 is 0 Å². The van der Waals surface area contributed by atoms with E-state index in [1.54, 1.807) is 0 Å². The highest BCUT2D eigenvalue weighted by Crippen LogP contribution is 2.57. The number of rotatable bonds is 5. The summed E-state index contributed by atoms with van der Waals surface area (Å²) in [5.74, 6) is 2.99. The Balaban J connectivity index is 1.91. The molecule has 1 N–H and O–H groups in total. The zero-order valence-corrected chi connectivity index (χ0v) is 10.3. The van der Waals surface area contributed by atoms with Crippen molar-refractivity contribution in [3.63, 3.8) is 0 Å². The molecule has 0 aromatic rings. The molecule has 2 fully saturated rings. The monoisotopic (exact) mass is 207 g/mol. The van der Waals surface area contributed by atoms with E-state index in [9.17, 15) is 0 Å². The summed E-state index contributed by atoms with van der Waals surface area (Å²) < 4.78 is 0. The normalized spacial score (nSPS) is 35.7. The molecule has 86 valence electrons. The molecule has 3 unspecified atom stereocenters. The molecule has 0 bridgehead atoms. The van der Waals surface area contributed by atoms with Gasteiger partial charge in [-0.1, -0.05) is 31.9 Å². The van der Waals surface area contributed by atoms with Gasteiger partial charge in [0.05, 0.1) is 0 Å². The van der Waals surface area contributed by atoms with Gasteiger partial charge in [0.2, 0.25) is 0 Å². The first-order valence-corrected chi connectivity index (χ1v) is 6.64. The molecule has 15 heavy (non-hydrogen) atoms. The molecule has 0 amide bonds. The maximum atomic E-state index is 4.17. The van der Waals surface area contributed by atoms with Gasteiger partial charge in [0.25, 0.3) is 0 Å². The first kappa shape index (κ1) is 11.2. The third-order valence-corrected chi connectivity index (χ3v) is 4.25. The topological polar surface area (TPSA) is 12.0 Å². The molecule has 2 rings (SSSR count). The van der Waals surface area contributed by atoms with Crippen LogP contribution < -0.4 is 5.32 Å². The van der Waals surface area contributed by atoms with Crippen molar-refractivity contribution in [2.24, 2.45) is 17.8 Å². The highest BCUT2D eigenvalue weighted by molar-refractivity contribution is 5.15. The number of hydrogen-bond donors (Lipinski definition) is 1. The highest BCUT2D eigenvalue weighted by atomic mass is 14.9. The van der Waals surface area contributed by atoms with Gasteiger partial charge in [0.15, 0.2) is 0 Å². The van der Waals surface area contributed by atoms with Crippen LogP contribution in [0.2, 0.25) is 0 Å². The van der Waals surface area contributed by atoms with E-state index in [1.807, 2.05) is 0 Å². The lowest BCUT2D eigenvalue weighted by Crippen LogP contribution is -2.33. The van der Waals surface area contributed by atoms with Gasteiger partial charge in [0.1, 0.15) is 0 Å². The lowest BCUT2D eigenvalue weighted by Gasteiger charge is -2.19. The Kier molecular flexibility index (Phi) is 3.50. The standard InChI is InChI=1S/C14H25N/c1-4-9-15-14(10(2)3)13-11-7-5-6-8-12(11)13/h11-15H,2,4-9H2,1,3H3. The van der Waals surface area contributed by atoms with Crippen molar-refractivity contribution in [2.75, 3.05) is 6.54 Å². The summed E-state index contributed by atoms with van der Waals surface area (Å²) in [6.45, 7) is 9.74. The SMILES string of the molecule is C=C(C)C(NCCC)C1C2CCCCC21. The average Bonchev–Trinajstić information content (AvgIpc) is 2.93. The molecule has 0 aromatic heterocycles. The molecule has 0 aliphatic heterocycles. The Morgan fingerprint density at radius 3 is 2.40 bits per heavy atom. The molecule has 2 saturated carbocycles. The van der Waals surface area contributed by atoms with E-state index in [1.165, 1.54) is 37.7 Å². The quantitative estimate of drug-likeness (QED) is 0.682. The Bertz CT molecular complexity index is 221. The van der Waals surface area contributed by atoms with E-state index in [0.29, 0.717) is 6.04 Å². The average molecular weight is 207 g/mol. The van der Waals surface area contributed by atoms with Crippen molar-refractivity contribution in [2.45, 2.75) is 52.0 Å². The number of fused-ring (bicyclic) bond motifs is 1. The maximum Gasteiger partial charge on any atom is 0.0308 e. The van der Waals surface area contributed by atoms with Crippen LogP contribution in [-0.2, 0) is 0 Å². The van der Waals surface area contributed by atoms with Crippen molar-refractivity contribution >= 4 is 0 Å². The fourth-order valence-electron chi connectivity index (χ4n) is 3.48. The fourth-order valence-corrected chi connectivity index (χ4v) is 3.48. The van der Waals surface area contributed by atoms with Crippen LogP contribution in [0.5, 0.6) is 0 Å². The third kappa shape index (κ3) is 2.28. The molecule has 2 aliphatic rings. The Labute approximate surface area is 94.3 Å². The van der Waals surface area contributed by atoms with E-state index < -0.39 is 0 Å². The molecular weight excluding hydrogens is 182 g/mol. The summed E-state index contributed by atoms with van der Waals surface area (Å²) in [6.07, 6.45) is 7.12. The summed E-state index contributed by atoms with van der Waals surface area (Å²) in [5, 5.41) is 3.69. The van der Waals surface area contributed by atoms with Crippen LogP contribution in [0.4, 0.5) is 0 Å². The van der Waals surface area contributed by atoms with E-state index in [2.05, 4.69) is 25.7 Å². The van der Waals surface area contributed by atoms with Crippen molar-refractivity contribution in [1.82, 2.24) is 5.32 Å². The van der Waals surface area contributed by atoms with Crippen LogP contribution >= 0.6 is 0 Å². The zero-order chi connectivity index (χ0) is 10.8. The predicted molar refractivity (Wildman–Crippen MR) is 65.8 cm³/mol. The summed E-state index contributed by atoms with van der Waals surface area (Å²) >= 11 is 0. The van der Waals surface area contributed by atoms with E-state index in [0.717, 1.165) is 24.3 Å². The lowest BCUT2D eigenvalue weighted by molar-refractivity contribution is 0.480. The van der Waals surface area contributed by atoms with Gasteiger partial charge in [-0.25, -0.2) is 0 Å². The van der Waals surface area contributed by atoms with Crippen LogP contribution in [0, 0.1) is 17.8 Å². The largest absolute Gasteiger partial charge is 0.310 e. The van der Waals surface area contributed by atoms with Gasteiger partial charge in [-0.15, -0.1) is 0 Å². The maximum absolute atomic E-state index is 4.17. The predicted octanol–water partition coefficient (Wildman–Crippen LogP) is 3.37. The van der Waals surface area contributed by atoms with Crippen LogP contribution in [0.1, 0.15) is 46.0 Å². The second kappa shape index (κ2) is 4.69. The lowest BCUT2D eigenvalue weighted by atomic mass is 10.0. The second-order valence-electron chi connectivity index (χ2n) is 5.47. The molecule has 2 aliphatic carbocycles. The Morgan fingerprint density at radius 2 is 1.93 bits per heavy atom. The summed E-state index contributed by atoms with van der Waals surface area (Å²) in [6, 6.07) is 0.609. The molecule has 0 aromatic carbocycles. The van der Waals surface area contributed by atoms with Gasteiger partial charge in [-0.2, -0.15) is 0 Å². The first-order valence-electron chi connectivity index (χ1n) is 6.64. The smallest absolute Gasteiger partial charge is 0.0308 e. The van der Waals surface area contributed by atoms with Gasteiger partial charge in [0, 0.05) is 6.04 Å². The van der Waals surface area contributed by atoms with Gasteiger partial charge >= 0.3 is 0 Å². The summed E-state index contributed by atoms with van der Waals surface area (Å²) in [4.78, 5) is 0. The number of hydrogen-bond acceptors (Lipinski definition) is 1. The molecular formula is C14H25N. The van der Waals surface area contributed by atoms with Gasteiger partial charge in [-0.05, 0) is 50.5 Å². The van der Waals surface area contributed by atoms with Crippen molar-refractivity contribution in [3.8, 4) is 0 Å². The van der Waals surface area contributed by atoms with Gasteiger partial charge < -0.3 is 5.32 Å². The third-order valence-electron chi connectivity index (χ3n) is 4.25. The van der Waals surface area contributed by atoms with Crippen LogP contribution in [0.3, 0.4) is 0 Å². The Hall–Kier alpha value is -0.300. The van der Waals surface area contributed by atoms with Crippen LogP contribution in [0.15, 0.2) is 12.2 Å². The minimum atomic E-state index is 0.609. The van der Waals surface area contributed by atoms with E-state index in [-0.39, 0.29) is 0 Å². The Morgan fingerprint density at radius 1 is 1.33 bits per heavy atom. The molecule has 0 saturated heterocycles. The zero-order valence-electron chi connectivity index (χ0n) is 10.3. The van der Waals surface area contributed by atoms with Gasteiger partial charge in [-0.3, -0.25) is 0 Å². The second-order valence-corrected chi connectivity index (χ2v) is 5.47. The molecule has 1 nitrogen and oxygen atoms in total. The minimum absolute atomic E-state index is 0.609. The molecule has 1 heteroatoms. The summed E-state index contributed by atoms with van der Waals surface area (Å²) in [5.41, 5.74) is 1.35. The molecule has 0 radical (unpaired) electrons. The van der Waals surface area contributed by atoms with Crippen LogP contribution in [-0.4, -0.2) is 12.6 Å².